The van der Waals surface area contributed by atoms with Crippen molar-refractivity contribution >= 4 is 17.7 Å². The zero-order chi connectivity index (χ0) is 27.4. The van der Waals surface area contributed by atoms with Crippen LogP contribution in [0.25, 0.3) is 0 Å². The number of nitrogens with zero attached hydrogens (tertiary/aromatic N) is 2. The van der Waals surface area contributed by atoms with Crippen LogP contribution in [0.1, 0.15) is 31.4 Å². The Hall–Kier alpha value is -3.37. The Balaban J connectivity index is 1.53. The van der Waals surface area contributed by atoms with Gasteiger partial charge in [0.2, 0.25) is 17.7 Å². The highest BCUT2D eigenvalue weighted by molar-refractivity contribution is 5.89. The summed E-state index contributed by atoms with van der Waals surface area (Å²) in [6.45, 7) is 5.21. The molecular weight excluding hydrogens is 494 g/mol. The van der Waals surface area contributed by atoms with Gasteiger partial charge in [0, 0.05) is 44.7 Å². The first-order chi connectivity index (χ1) is 18.1. The summed E-state index contributed by atoms with van der Waals surface area (Å²) in [4.78, 5) is 42.2. The number of benzene rings is 2. The fourth-order valence-electron chi connectivity index (χ4n) is 5.16. The number of piperazine rings is 1. The van der Waals surface area contributed by atoms with E-state index in [9.17, 15) is 28.3 Å². The van der Waals surface area contributed by atoms with Gasteiger partial charge in [0.15, 0.2) is 0 Å². The molecular formula is C28H34F2N4O4. The first kappa shape index (κ1) is 27.7. The Labute approximate surface area is 221 Å². The maximum Gasteiger partial charge on any atom is 0.242 e. The lowest BCUT2D eigenvalue weighted by atomic mass is 9.93. The summed E-state index contributed by atoms with van der Waals surface area (Å²) in [5, 5.41) is 17.2. The van der Waals surface area contributed by atoms with Crippen LogP contribution in [0.2, 0.25) is 0 Å². The Morgan fingerprint density at radius 1 is 1.11 bits per heavy atom. The monoisotopic (exact) mass is 528 g/mol. The third-order valence-electron chi connectivity index (χ3n) is 7.15. The minimum atomic E-state index is -1.39. The number of carbonyl (C=O) groups is 3. The molecule has 2 fully saturated rings. The summed E-state index contributed by atoms with van der Waals surface area (Å²) in [5.74, 6) is -3.12. The number of hydrogen-bond donors (Lipinski definition) is 3. The van der Waals surface area contributed by atoms with Gasteiger partial charge in [-0.2, -0.15) is 0 Å². The smallest absolute Gasteiger partial charge is 0.242 e. The standard InChI is InChI=1S/C28H34F2N4O4/c1-17(2)34-16-20(13-24(34)35)27(37)32-23(12-19-10-21(29)14-22(30)11-19)26(36)25-28(38)33(9-8-31-25)15-18-6-4-3-5-7-18/h3-7,10-11,14,17,20,23,25-26,31,36H,8-9,12-13,15-16H2,1-2H3,(H,32,37)/t20?,23?,25-,26-/m0/s1. The van der Waals surface area contributed by atoms with E-state index in [1.165, 1.54) is 0 Å². The predicted molar refractivity (Wildman–Crippen MR) is 137 cm³/mol. The number of aliphatic hydroxyl groups excluding tert-OH is 1. The number of nitrogens with one attached hydrogen (secondary N) is 2. The molecule has 2 saturated heterocycles. The number of hydrogen-bond acceptors (Lipinski definition) is 5. The van der Waals surface area contributed by atoms with Crippen molar-refractivity contribution in [2.75, 3.05) is 19.6 Å². The second kappa shape index (κ2) is 12.0. The molecule has 4 rings (SSSR count). The third-order valence-corrected chi connectivity index (χ3v) is 7.15. The highest BCUT2D eigenvalue weighted by Gasteiger charge is 2.41. The van der Waals surface area contributed by atoms with E-state index in [-0.39, 0.29) is 42.8 Å². The molecule has 0 spiro atoms. The van der Waals surface area contributed by atoms with Crippen LogP contribution < -0.4 is 10.6 Å². The van der Waals surface area contributed by atoms with Gasteiger partial charge in [0.1, 0.15) is 17.7 Å². The van der Waals surface area contributed by atoms with Crippen LogP contribution in [-0.4, -0.2) is 76.5 Å². The quantitative estimate of drug-likeness (QED) is 0.459. The normalized spacial score (nSPS) is 21.6. The van der Waals surface area contributed by atoms with Gasteiger partial charge in [-0.3, -0.25) is 14.4 Å². The van der Waals surface area contributed by atoms with Crippen LogP contribution in [0, 0.1) is 17.6 Å². The molecule has 2 aliphatic rings. The second-order valence-electron chi connectivity index (χ2n) is 10.3. The van der Waals surface area contributed by atoms with Gasteiger partial charge in [-0.15, -0.1) is 0 Å². The minimum Gasteiger partial charge on any atom is -0.389 e. The first-order valence-corrected chi connectivity index (χ1v) is 12.9. The van der Waals surface area contributed by atoms with Gasteiger partial charge >= 0.3 is 0 Å². The molecule has 2 heterocycles. The van der Waals surface area contributed by atoms with Gasteiger partial charge in [-0.05, 0) is 43.5 Å². The average molecular weight is 529 g/mol. The lowest BCUT2D eigenvalue weighted by Gasteiger charge is -2.38. The third kappa shape index (κ3) is 6.54. The maximum absolute atomic E-state index is 13.9. The molecule has 38 heavy (non-hydrogen) atoms. The van der Waals surface area contributed by atoms with Gasteiger partial charge in [-0.25, -0.2) is 8.78 Å². The van der Waals surface area contributed by atoms with Gasteiger partial charge < -0.3 is 25.5 Å². The molecule has 204 valence electrons. The summed E-state index contributed by atoms with van der Waals surface area (Å²) in [6.07, 6.45) is -1.47. The summed E-state index contributed by atoms with van der Waals surface area (Å²) in [6, 6.07) is 10.3. The van der Waals surface area contributed by atoms with Crippen molar-refractivity contribution in [1.29, 1.82) is 0 Å². The molecule has 0 aromatic heterocycles. The van der Waals surface area contributed by atoms with Crippen molar-refractivity contribution in [3.8, 4) is 0 Å². The van der Waals surface area contributed by atoms with E-state index in [4.69, 9.17) is 0 Å². The van der Waals surface area contributed by atoms with Crippen molar-refractivity contribution in [2.24, 2.45) is 5.92 Å². The molecule has 3 amide bonds. The van der Waals surface area contributed by atoms with Crippen LogP contribution in [0.5, 0.6) is 0 Å². The topological polar surface area (TPSA) is 102 Å². The largest absolute Gasteiger partial charge is 0.389 e. The fourth-order valence-corrected chi connectivity index (χ4v) is 5.16. The number of amides is 3. The number of halogens is 2. The average Bonchev–Trinajstić information content (AvgIpc) is 3.26. The highest BCUT2D eigenvalue weighted by atomic mass is 19.1. The number of carbonyl (C=O) groups excluding carboxylic acids is 3. The van der Waals surface area contributed by atoms with E-state index in [0.29, 0.717) is 19.6 Å². The molecule has 8 nitrogen and oxygen atoms in total. The van der Waals surface area contributed by atoms with Crippen molar-refractivity contribution < 1.29 is 28.3 Å². The summed E-state index contributed by atoms with van der Waals surface area (Å²) in [5.41, 5.74) is 1.17. The van der Waals surface area contributed by atoms with Gasteiger partial charge in [-0.1, -0.05) is 30.3 Å². The number of rotatable bonds is 9. The van der Waals surface area contributed by atoms with Gasteiger partial charge in [0.05, 0.1) is 18.1 Å². The Morgan fingerprint density at radius 3 is 2.42 bits per heavy atom. The zero-order valence-electron chi connectivity index (χ0n) is 21.6. The van der Waals surface area contributed by atoms with Crippen LogP contribution in [0.15, 0.2) is 48.5 Å². The predicted octanol–water partition coefficient (Wildman–Crippen LogP) is 1.61. The second-order valence-corrected chi connectivity index (χ2v) is 10.3. The number of likely N-dealkylation sites (tertiary alicyclic amines) is 1. The molecule has 2 aliphatic heterocycles. The van der Waals surface area contributed by atoms with Gasteiger partial charge in [0.25, 0.3) is 0 Å². The lowest BCUT2D eigenvalue weighted by molar-refractivity contribution is -0.141. The fraction of sp³-hybridized carbons (Fsp3) is 0.464. The molecule has 0 radical (unpaired) electrons. The van der Waals surface area contributed by atoms with Crippen molar-refractivity contribution in [2.45, 2.75) is 57.5 Å². The zero-order valence-corrected chi connectivity index (χ0v) is 21.6. The van der Waals surface area contributed by atoms with Crippen molar-refractivity contribution in [3.05, 3.63) is 71.3 Å². The SMILES string of the molecule is CC(C)N1CC(C(=O)NC(Cc2cc(F)cc(F)c2)[C@H](O)[C@@H]2NCCN(Cc3ccccc3)C2=O)CC1=O. The molecule has 2 unspecified atom stereocenters. The van der Waals surface area contributed by atoms with E-state index in [0.717, 1.165) is 23.8 Å². The van der Waals surface area contributed by atoms with E-state index < -0.39 is 41.6 Å². The summed E-state index contributed by atoms with van der Waals surface area (Å²) >= 11 is 0. The Kier molecular flexibility index (Phi) is 8.73. The van der Waals surface area contributed by atoms with Crippen molar-refractivity contribution in [3.63, 3.8) is 0 Å². The Bertz CT molecular complexity index is 1140. The molecule has 2 aromatic carbocycles. The molecule has 4 atom stereocenters. The highest BCUT2D eigenvalue weighted by Crippen LogP contribution is 2.22. The van der Waals surface area contributed by atoms with E-state index in [2.05, 4.69) is 10.6 Å². The molecule has 0 saturated carbocycles. The molecule has 0 bridgehead atoms. The Morgan fingerprint density at radius 2 is 1.79 bits per heavy atom. The summed E-state index contributed by atoms with van der Waals surface area (Å²) < 4.78 is 27.8. The van der Waals surface area contributed by atoms with Crippen LogP contribution in [-0.2, 0) is 27.3 Å². The number of aliphatic hydroxyl groups is 1. The minimum absolute atomic E-state index is 0.0346. The van der Waals surface area contributed by atoms with Crippen molar-refractivity contribution in [1.82, 2.24) is 20.4 Å². The maximum atomic E-state index is 13.9. The van der Waals surface area contributed by atoms with E-state index in [1.54, 1.807) is 9.80 Å². The first-order valence-electron chi connectivity index (χ1n) is 12.9. The van der Waals surface area contributed by atoms with E-state index in [1.807, 2.05) is 44.2 Å². The molecule has 2 aromatic rings. The molecule has 0 aliphatic carbocycles. The summed E-state index contributed by atoms with van der Waals surface area (Å²) in [7, 11) is 0. The molecule has 10 heteroatoms. The van der Waals surface area contributed by atoms with Crippen LogP contribution in [0.3, 0.4) is 0 Å². The van der Waals surface area contributed by atoms with Crippen LogP contribution >= 0.6 is 0 Å². The molecule has 3 N–H and O–H groups in total. The van der Waals surface area contributed by atoms with Crippen LogP contribution in [0.4, 0.5) is 8.78 Å². The lowest BCUT2D eigenvalue weighted by Crippen LogP contribution is -2.64. The van der Waals surface area contributed by atoms with E-state index >= 15 is 0 Å².